The number of nitrogens with zero attached hydrogens (tertiary/aromatic N) is 2. The smallest absolute Gasteiger partial charge is 0.159 e. The number of hydrogen-bond donors (Lipinski definition) is 0. The fourth-order valence-electron chi connectivity index (χ4n) is 15.0. The molecule has 4 heteroatoms. The highest BCUT2D eigenvalue weighted by Crippen LogP contribution is 2.60. The maximum atomic E-state index is 7.08. The van der Waals surface area contributed by atoms with E-state index in [-0.39, 0.29) is 21.7 Å². The zero-order valence-corrected chi connectivity index (χ0v) is 52.3. The van der Waals surface area contributed by atoms with Crippen LogP contribution < -0.4 is 9.80 Å². The average Bonchev–Trinajstić information content (AvgIpc) is 1.53. The quantitative estimate of drug-likeness (QED) is 0.152. The third-order valence-electron chi connectivity index (χ3n) is 19.6. The molecule has 2 heterocycles. The Hall–Kier alpha value is -8.86. The van der Waals surface area contributed by atoms with Crippen LogP contribution in [0.2, 0.25) is 0 Å². The lowest BCUT2D eigenvalue weighted by atomic mass is 9.72. The van der Waals surface area contributed by atoms with Crippen molar-refractivity contribution in [2.75, 3.05) is 9.80 Å². The minimum absolute atomic E-state index is 0.0812. The van der Waals surface area contributed by atoms with Gasteiger partial charge in [0.05, 0.1) is 11.4 Å². The van der Waals surface area contributed by atoms with Gasteiger partial charge in [-0.1, -0.05) is 206 Å². The van der Waals surface area contributed by atoms with E-state index in [4.69, 9.17) is 8.83 Å². The first-order chi connectivity index (χ1) is 41.1. The van der Waals surface area contributed by atoms with E-state index in [1.807, 2.05) is 0 Å². The zero-order chi connectivity index (χ0) is 59.7. The van der Waals surface area contributed by atoms with Crippen LogP contribution in [0.25, 0.3) is 87.7 Å². The topological polar surface area (TPSA) is 32.8 Å². The van der Waals surface area contributed by atoms with Crippen LogP contribution in [0.4, 0.5) is 34.1 Å². The summed E-state index contributed by atoms with van der Waals surface area (Å²) < 4.78 is 14.2. The molecule has 0 fully saturated rings. The van der Waals surface area contributed by atoms with Crippen molar-refractivity contribution < 1.29 is 8.83 Å². The van der Waals surface area contributed by atoms with Crippen molar-refractivity contribution in [3.05, 3.63) is 239 Å². The van der Waals surface area contributed by atoms with Gasteiger partial charge in [-0.15, -0.1) is 0 Å². The van der Waals surface area contributed by atoms with E-state index in [0.717, 1.165) is 78.0 Å². The highest BCUT2D eigenvalue weighted by atomic mass is 16.3. The summed E-state index contributed by atoms with van der Waals surface area (Å²) in [5.41, 5.74) is 25.4. The second kappa shape index (κ2) is 18.8. The summed E-state index contributed by atoms with van der Waals surface area (Å²) in [4.78, 5) is 4.81. The normalized spacial score (nSPS) is 14.3. The molecule has 0 amide bonds. The van der Waals surface area contributed by atoms with Crippen molar-refractivity contribution in [2.45, 2.75) is 130 Å². The van der Waals surface area contributed by atoms with Crippen LogP contribution in [0.1, 0.15) is 153 Å². The second-order valence-electron chi connectivity index (χ2n) is 28.6. The van der Waals surface area contributed by atoms with Gasteiger partial charge in [-0.3, -0.25) is 0 Å². The Morgan fingerprint density at radius 1 is 0.337 bits per heavy atom. The highest BCUT2D eigenvalue weighted by Gasteiger charge is 2.46. The van der Waals surface area contributed by atoms with Crippen molar-refractivity contribution in [1.82, 2.24) is 0 Å². The van der Waals surface area contributed by atoms with E-state index >= 15 is 0 Å². The highest BCUT2D eigenvalue weighted by molar-refractivity contribution is 6.13. The van der Waals surface area contributed by atoms with Crippen molar-refractivity contribution in [2.24, 2.45) is 0 Å². The van der Waals surface area contributed by atoms with Crippen LogP contribution in [0.3, 0.4) is 0 Å². The molecule has 426 valence electrons. The van der Waals surface area contributed by atoms with Gasteiger partial charge in [0.15, 0.2) is 11.2 Å². The Kier molecular flexibility index (Phi) is 11.8. The van der Waals surface area contributed by atoms with E-state index in [0.29, 0.717) is 11.8 Å². The van der Waals surface area contributed by atoms with Crippen LogP contribution in [-0.4, -0.2) is 0 Å². The molecule has 0 aliphatic heterocycles. The maximum Gasteiger partial charge on any atom is 0.159 e. The number of hydrogen-bond acceptors (Lipinski definition) is 4. The summed E-state index contributed by atoms with van der Waals surface area (Å²) in [6.45, 7) is 32.5. The van der Waals surface area contributed by atoms with Crippen molar-refractivity contribution >= 4 is 99.5 Å². The molecule has 86 heavy (non-hydrogen) atoms. The molecule has 0 saturated heterocycles. The summed E-state index contributed by atoms with van der Waals surface area (Å²) in [6.07, 6.45) is 0. The molecule has 0 radical (unpaired) electrons. The molecule has 0 saturated carbocycles. The van der Waals surface area contributed by atoms with Gasteiger partial charge < -0.3 is 18.6 Å². The van der Waals surface area contributed by atoms with Crippen LogP contribution in [-0.2, 0) is 21.7 Å². The number of anilines is 6. The minimum atomic E-state index is -0.278. The van der Waals surface area contributed by atoms with Gasteiger partial charge in [-0.2, -0.15) is 0 Å². The van der Waals surface area contributed by atoms with Gasteiger partial charge in [0.25, 0.3) is 0 Å². The third-order valence-corrected chi connectivity index (χ3v) is 19.6. The number of fused-ring (bicyclic) bond motifs is 15. The molecule has 13 aromatic rings. The lowest BCUT2D eigenvalue weighted by Gasteiger charge is -2.31. The van der Waals surface area contributed by atoms with E-state index < -0.39 is 0 Å². The number of benzene rings is 11. The van der Waals surface area contributed by atoms with Crippen molar-refractivity contribution in [3.63, 3.8) is 0 Å². The Morgan fingerprint density at radius 3 is 1.05 bits per heavy atom. The predicted octanol–water partition coefficient (Wildman–Crippen LogP) is 24.2. The van der Waals surface area contributed by atoms with Gasteiger partial charge in [-0.05, 0) is 185 Å². The van der Waals surface area contributed by atoms with Crippen LogP contribution in [0.5, 0.6) is 0 Å². The molecule has 2 aromatic heterocycles. The second-order valence-corrected chi connectivity index (χ2v) is 28.6. The van der Waals surface area contributed by atoms with Crippen molar-refractivity contribution in [3.8, 4) is 22.3 Å². The predicted molar refractivity (Wildman–Crippen MR) is 366 cm³/mol. The number of para-hydroxylation sites is 4. The molecule has 0 bridgehead atoms. The van der Waals surface area contributed by atoms with Crippen LogP contribution in [0.15, 0.2) is 203 Å². The molecule has 15 rings (SSSR count). The Labute approximate surface area is 506 Å². The Morgan fingerprint density at radius 2 is 0.686 bits per heavy atom. The van der Waals surface area contributed by atoms with E-state index in [9.17, 15) is 0 Å². The number of furan rings is 2. The third kappa shape index (κ3) is 8.08. The minimum Gasteiger partial charge on any atom is -0.454 e. The van der Waals surface area contributed by atoms with Crippen molar-refractivity contribution in [1.29, 1.82) is 0 Å². The summed E-state index contributed by atoms with van der Waals surface area (Å²) in [5, 5.41) is 9.43. The first-order valence-electron chi connectivity index (χ1n) is 31.1. The first-order valence-corrected chi connectivity index (χ1v) is 31.1. The first kappa shape index (κ1) is 53.8. The SMILES string of the molecule is CC(C)c1ccc(N(c2ccc3cc4c(cc3c2)C(C)(C)c2c-4ccc3c2C(C)(C)c2cc4cc(N(c5ccc(C(C)C)cc5)c5cccc6c5oc5c(C(C)(C)C)cccc56)ccc4cc2-3)c2cccc3c2oc2c(C(C)(C)C)cccc23)cc1. The lowest BCUT2D eigenvalue weighted by Crippen LogP contribution is -2.24. The van der Waals surface area contributed by atoms with Gasteiger partial charge in [-0.25, -0.2) is 0 Å². The molecule has 0 unspecified atom stereocenters. The van der Waals surface area contributed by atoms with Gasteiger partial charge in [0, 0.05) is 66.3 Å². The summed E-state index contributed by atoms with van der Waals surface area (Å²) >= 11 is 0. The Bertz CT molecular complexity index is 4640. The van der Waals surface area contributed by atoms with Gasteiger partial charge >= 0.3 is 0 Å². The molecule has 2 aliphatic carbocycles. The lowest BCUT2D eigenvalue weighted by molar-refractivity contribution is 0.572. The van der Waals surface area contributed by atoms with E-state index in [1.165, 1.54) is 88.3 Å². The monoisotopic (exact) mass is 1120 g/mol. The molecule has 11 aromatic carbocycles. The van der Waals surface area contributed by atoms with Crippen LogP contribution in [0, 0.1) is 0 Å². The number of rotatable bonds is 8. The molecule has 2 aliphatic rings. The summed E-state index contributed by atoms with van der Waals surface area (Å²) in [6, 6.07) is 73.5. The zero-order valence-electron chi connectivity index (χ0n) is 52.3. The fraction of sp³-hybridized carbons (Fsp3) is 0.244. The average molecular weight is 1120 g/mol. The fourth-order valence-corrected chi connectivity index (χ4v) is 15.0. The largest absolute Gasteiger partial charge is 0.454 e. The standard InChI is InChI=1S/C82H76N2O2/c1-47(2)49-27-33-55(34-28-49)83(71-25-17-21-63-61-19-15-23-67(79(5,6)7)75(61)85-77(63)71)57-37-31-51-43-65-59-39-40-60-66-44-52-32-38-58(42-54(52)46-70(66)82(13,14)74(60)73(59)81(11,12)69(65)45-53(51)41-57)84(56-35-29-50(30-36-56)48(3)4)72-26-18-22-64-62-20-16-24-68(80(8,9)10)76(62)86-78(64)72/h15-48H,1-14H3. The van der Waals surface area contributed by atoms with E-state index in [2.05, 4.69) is 301 Å². The summed E-state index contributed by atoms with van der Waals surface area (Å²) in [7, 11) is 0. The van der Waals surface area contributed by atoms with E-state index in [1.54, 1.807) is 0 Å². The molecular formula is C82H76N2O2. The summed E-state index contributed by atoms with van der Waals surface area (Å²) in [5.74, 6) is 0.845. The molecule has 0 spiro atoms. The van der Waals surface area contributed by atoms with Gasteiger partial charge in [0.2, 0.25) is 0 Å². The molecular weight excluding hydrogens is 1040 g/mol. The molecule has 0 atom stereocenters. The van der Waals surface area contributed by atoms with Gasteiger partial charge in [0.1, 0.15) is 11.2 Å². The molecule has 4 nitrogen and oxygen atoms in total. The van der Waals surface area contributed by atoms with Crippen LogP contribution >= 0.6 is 0 Å². The Balaban J connectivity index is 0.835. The maximum absolute atomic E-state index is 7.08. The molecule has 0 N–H and O–H groups in total.